The summed E-state index contributed by atoms with van der Waals surface area (Å²) >= 11 is 0. The molecule has 2 heterocycles. The number of fused-ring (bicyclic) bond motifs is 1. The van der Waals surface area contributed by atoms with Crippen molar-refractivity contribution in [3.05, 3.63) is 87.7 Å². The van der Waals surface area contributed by atoms with Gasteiger partial charge in [-0.05, 0) is 35.4 Å². The molecule has 0 radical (unpaired) electrons. The number of pyridine rings is 1. The molecule has 2 aromatic carbocycles. The molecule has 0 spiro atoms. The van der Waals surface area contributed by atoms with Crippen molar-refractivity contribution in [3.8, 4) is 16.9 Å². The normalized spacial score (nSPS) is 12.8. The van der Waals surface area contributed by atoms with Gasteiger partial charge in [-0.1, -0.05) is 18.2 Å². The van der Waals surface area contributed by atoms with Gasteiger partial charge in [-0.2, -0.15) is 0 Å². The van der Waals surface area contributed by atoms with E-state index in [2.05, 4.69) is 4.98 Å². The van der Waals surface area contributed by atoms with Gasteiger partial charge in [0.1, 0.15) is 11.4 Å². The molecule has 8 heteroatoms. The van der Waals surface area contributed by atoms with Crippen LogP contribution in [0.4, 0.5) is 5.69 Å². The van der Waals surface area contributed by atoms with E-state index >= 15 is 0 Å². The number of methoxy groups -OCH3 is 1. The fraction of sp³-hybridized carbons (Fsp3) is 0.0952. The van der Waals surface area contributed by atoms with E-state index in [0.717, 1.165) is 4.90 Å². The highest BCUT2D eigenvalue weighted by Crippen LogP contribution is 2.33. The van der Waals surface area contributed by atoms with Crippen LogP contribution in [0.3, 0.4) is 0 Å². The largest absolute Gasteiger partial charge is 0.496 e. The first kappa shape index (κ1) is 18.3. The molecule has 0 fully saturated rings. The molecule has 4 rings (SSSR count). The maximum Gasteiger partial charge on any atom is 0.280 e. The number of imide groups is 1. The molecule has 0 saturated heterocycles. The van der Waals surface area contributed by atoms with Crippen molar-refractivity contribution in [2.24, 2.45) is 0 Å². The molecule has 1 aliphatic heterocycles. The van der Waals surface area contributed by atoms with Crippen LogP contribution >= 0.6 is 0 Å². The molecule has 3 aromatic rings. The highest BCUT2D eigenvalue weighted by Gasteiger charge is 2.36. The third-order valence-corrected chi connectivity index (χ3v) is 4.70. The summed E-state index contributed by atoms with van der Waals surface area (Å²) in [6.45, 7) is 0.0555. The van der Waals surface area contributed by atoms with Crippen LogP contribution < -0.4 is 4.74 Å². The maximum atomic E-state index is 12.6. The van der Waals surface area contributed by atoms with E-state index in [-0.39, 0.29) is 23.5 Å². The van der Waals surface area contributed by atoms with Gasteiger partial charge < -0.3 is 4.74 Å². The molecule has 2 amide bonds. The third-order valence-electron chi connectivity index (χ3n) is 4.70. The molecule has 0 saturated carbocycles. The van der Waals surface area contributed by atoms with Gasteiger partial charge >= 0.3 is 0 Å². The van der Waals surface area contributed by atoms with Crippen molar-refractivity contribution in [1.29, 1.82) is 0 Å². The van der Waals surface area contributed by atoms with Crippen LogP contribution in [0.15, 0.2) is 60.8 Å². The number of carbonyl (C=O) groups excluding carboxylic acids is 2. The van der Waals surface area contributed by atoms with Crippen molar-refractivity contribution in [2.45, 2.75) is 6.54 Å². The lowest BCUT2D eigenvalue weighted by atomic mass is 10.0. The number of rotatable bonds is 5. The monoisotopic (exact) mass is 389 g/mol. The molecule has 1 aromatic heterocycles. The van der Waals surface area contributed by atoms with Gasteiger partial charge in [0.15, 0.2) is 0 Å². The molecule has 1 aliphatic rings. The van der Waals surface area contributed by atoms with Crippen LogP contribution in [-0.2, 0) is 6.54 Å². The minimum atomic E-state index is -0.467. The number of nitro benzene ring substituents is 1. The van der Waals surface area contributed by atoms with Crippen molar-refractivity contribution in [1.82, 2.24) is 9.88 Å². The minimum absolute atomic E-state index is 0.0404. The molecular weight excluding hydrogens is 374 g/mol. The predicted octanol–water partition coefficient (Wildman–Crippen LogP) is 3.46. The Labute approximate surface area is 165 Å². The van der Waals surface area contributed by atoms with E-state index in [4.69, 9.17) is 4.74 Å². The number of benzene rings is 2. The number of nitro groups is 1. The highest BCUT2D eigenvalue weighted by molar-refractivity contribution is 6.20. The Morgan fingerprint density at radius 1 is 1.03 bits per heavy atom. The second-order valence-electron chi connectivity index (χ2n) is 6.44. The van der Waals surface area contributed by atoms with Crippen molar-refractivity contribution >= 4 is 17.5 Å². The summed E-state index contributed by atoms with van der Waals surface area (Å²) in [7, 11) is 1.51. The summed E-state index contributed by atoms with van der Waals surface area (Å²) in [6, 6.07) is 14.6. The number of amides is 2. The number of ether oxygens (including phenoxy) is 1. The Morgan fingerprint density at radius 3 is 2.59 bits per heavy atom. The number of hydrogen-bond donors (Lipinski definition) is 0. The van der Waals surface area contributed by atoms with E-state index in [0.29, 0.717) is 22.4 Å². The number of nitrogens with zero attached hydrogens (tertiary/aromatic N) is 3. The van der Waals surface area contributed by atoms with Crippen molar-refractivity contribution < 1.29 is 19.2 Å². The Balaban J connectivity index is 1.70. The fourth-order valence-electron chi connectivity index (χ4n) is 3.31. The molecule has 0 bridgehead atoms. The highest BCUT2D eigenvalue weighted by atomic mass is 16.6. The summed E-state index contributed by atoms with van der Waals surface area (Å²) in [6.07, 6.45) is 1.47. The second kappa shape index (κ2) is 7.16. The third kappa shape index (κ3) is 3.20. The van der Waals surface area contributed by atoms with E-state index < -0.39 is 16.7 Å². The quantitative estimate of drug-likeness (QED) is 0.376. The zero-order valence-electron chi connectivity index (χ0n) is 15.4. The lowest BCUT2D eigenvalue weighted by Gasteiger charge is -2.16. The Bertz CT molecular complexity index is 1120. The van der Waals surface area contributed by atoms with Crippen LogP contribution in [0.5, 0.6) is 5.75 Å². The van der Waals surface area contributed by atoms with Crippen LogP contribution in [0.1, 0.15) is 26.4 Å². The Morgan fingerprint density at radius 2 is 1.86 bits per heavy atom. The van der Waals surface area contributed by atoms with E-state index in [1.54, 1.807) is 42.5 Å². The molecular formula is C21H15N3O5. The van der Waals surface area contributed by atoms with Crippen molar-refractivity contribution in [2.75, 3.05) is 7.11 Å². The number of non-ortho nitro benzene ring substituents is 1. The molecule has 0 unspecified atom stereocenters. The zero-order valence-corrected chi connectivity index (χ0v) is 15.4. The average molecular weight is 389 g/mol. The summed E-state index contributed by atoms with van der Waals surface area (Å²) in [5, 5.41) is 11.1. The number of aromatic nitrogens is 1. The van der Waals surface area contributed by atoms with Crippen LogP contribution in [0.2, 0.25) is 0 Å². The minimum Gasteiger partial charge on any atom is -0.496 e. The lowest BCUT2D eigenvalue weighted by molar-refractivity contribution is -0.384. The van der Waals surface area contributed by atoms with Gasteiger partial charge in [-0.25, -0.2) is 0 Å². The molecule has 0 N–H and O–H groups in total. The van der Waals surface area contributed by atoms with Gasteiger partial charge in [-0.15, -0.1) is 0 Å². The van der Waals surface area contributed by atoms with Gasteiger partial charge in [0, 0.05) is 23.9 Å². The first-order chi connectivity index (χ1) is 14.0. The molecule has 29 heavy (non-hydrogen) atoms. The Hall–Kier alpha value is -4.07. The SMILES string of the molecule is COc1ccc(CN2C(=O)c3cccnc3C2=O)cc1-c1cccc([N+](=O)[O-])c1. The first-order valence-corrected chi connectivity index (χ1v) is 8.72. The standard InChI is InChI=1S/C21H15N3O5/c1-29-18-8-7-13(10-17(18)14-4-2-5-15(11-14)24(27)28)12-23-20(25)16-6-3-9-22-19(16)21(23)26/h2-11H,12H2,1H3. The van der Waals surface area contributed by atoms with Crippen LogP contribution in [0, 0.1) is 10.1 Å². The average Bonchev–Trinajstić information content (AvgIpc) is 2.99. The van der Waals surface area contributed by atoms with Crippen LogP contribution in [0.25, 0.3) is 11.1 Å². The number of carbonyl (C=O) groups is 2. The molecule has 0 atom stereocenters. The summed E-state index contributed by atoms with van der Waals surface area (Å²) in [4.78, 5) is 40.9. The van der Waals surface area contributed by atoms with Gasteiger partial charge in [0.2, 0.25) is 0 Å². The molecule has 144 valence electrons. The van der Waals surface area contributed by atoms with E-state index in [1.807, 2.05) is 0 Å². The second-order valence-corrected chi connectivity index (χ2v) is 6.44. The zero-order chi connectivity index (χ0) is 20.5. The van der Waals surface area contributed by atoms with E-state index in [9.17, 15) is 19.7 Å². The summed E-state index contributed by atoms with van der Waals surface area (Å²) in [5.41, 5.74) is 2.29. The maximum absolute atomic E-state index is 12.6. The number of hydrogen-bond acceptors (Lipinski definition) is 6. The van der Waals surface area contributed by atoms with Crippen molar-refractivity contribution in [3.63, 3.8) is 0 Å². The van der Waals surface area contributed by atoms with Gasteiger partial charge in [-0.3, -0.25) is 29.6 Å². The predicted molar refractivity (Wildman–Crippen MR) is 104 cm³/mol. The molecule has 8 nitrogen and oxygen atoms in total. The summed E-state index contributed by atoms with van der Waals surface area (Å²) in [5.74, 6) is -0.317. The van der Waals surface area contributed by atoms with Gasteiger partial charge in [0.25, 0.3) is 17.5 Å². The smallest absolute Gasteiger partial charge is 0.280 e. The van der Waals surface area contributed by atoms with Gasteiger partial charge in [0.05, 0.1) is 24.1 Å². The van der Waals surface area contributed by atoms with E-state index in [1.165, 1.54) is 25.4 Å². The Kier molecular flexibility index (Phi) is 4.52. The topological polar surface area (TPSA) is 103 Å². The van der Waals surface area contributed by atoms with Crippen LogP contribution in [-0.4, -0.2) is 33.7 Å². The lowest BCUT2D eigenvalue weighted by Crippen LogP contribution is -2.29. The molecule has 0 aliphatic carbocycles. The summed E-state index contributed by atoms with van der Waals surface area (Å²) < 4.78 is 5.39. The fourth-order valence-corrected chi connectivity index (χ4v) is 3.31. The first-order valence-electron chi connectivity index (χ1n) is 8.72.